The van der Waals surface area contributed by atoms with Gasteiger partial charge in [-0.3, -0.25) is 0 Å². The molecule has 0 bridgehead atoms. The van der Waals surface area contributed by atoms with Crippen molar-refractivity contribution in [3.8, 4) is 6.07 Å². The van der Waals surface area contributed by atoms with Gasteiger partial charge in [0, 0.05) is 0 Å². The molecule has 7 nitrogen and oxygen atoms in total. The molecular formula is C21H19NO6. The van der Waals surface area contributed by atoms with E-state index in [1.54, 1.807) is 60.7 Å². The van der Waals surface area contributed by atoms with Crippen LogP contribution in [-0.2, 0) is 14.2 Å². The van der Waals surface area contributed by atoms with Crippen LogP contribution in [0.4, 0.5) is 0 Å². The summed E-state index contributed by atoms with van der Waals surface area (Å²) in [5.74, 6) is -1.25. The van der Waals surface area contributed by atoms with Crippen molar-refractivity contribution in [3.63, 3.8) is 0 Å². The Balaban J connectivity index is 1.74. The minimum atomic E-state index is -1.51. The molecule has 4 atom stereocenters. The predicted octanol–water partition coefficient (Wildman–Crippen LogP) is 2.32. The fourth-order valence-electron chi connectivity index (χ4n) is 2.92. The zero-order valence-corrected chi connectivity index (χ0v) is 15.1. The highest BCUT2D eigenvalue weighted by Crippen LogP contribution is 2.39. The van der Waals surface area contributed by atoms with E-state index in [0.29, 0.717) is 11.1 Å². The number of nitrogens with zero attached hydrogens (tertiary/aromatic N) is 1. The van der Waals surface area contributed by atoms with Crippen LogP contribution in [0.15, 0.2) is 60.7 Å². The SMILES string of the molecule is C[C@]1(C#N)[C@H](O)O[C@H](COC(=O)c2ccccc2)[C@H]1OC(=O)c1ccccc1. The summed E-state index contributed by atoms with van der Waals surface area (Å²) in [7, 11) is 0. The molecule has 0 unspecified atom stereocenters. The summed E-state index contributed by atoms with van der Waals surface area (Å²) in [6.45, 7) is 1.15. The fourth-order valence-corrected chi connectivity index (χ4v) is 2.92. The minimum absolute atomic E-state index is 0.283. The van der Waals surface area contributed by atoms with E-state index in [4.69, 9.17) is 14.2 Å². The van der Waals surface area contributed by atoms with Crippen LogP contribution in [-0.4, -0.2) is 42.1 Å². The normalized spacial score (nSPS) is 26.2. The molecule has 0 radical (unpaired) electrons. The maximum atomic E-state index is 12.4. The molecule has 144 valence electrons. The first-order valence-electron chi connectivity index (χ1n) is 8.68. The Morgan fingerprint density at radius 1 is 1.07 bits per heavy atom. The first-order valence-corrected chi connectivity index (χ1v) is 8.68. The van der Waals surface area contributed by atoms with Crippen molar-refractivity contribution in [2.24, 2.45) is 5.41 Å². The number of ether oxygens (including phenoxy) is 3. The monoisotopic (exact) mass is 381 g/mol. The first kappa shape index (κ1) is 19.5. The van der Waals surface area contributed by atoms with Crippen molar-refractivity contribution in [2.45, 2.75) is 25.4 Å². The van der Waals surface area contributed by atoms with Gasteiger partial charge in [-0.25, -0.2) is 9.59 Å². The lowest BCUT2D eigenvalue weighted by Gasteiger charge is -2.26. The molecule has 7 heteroatoms. The van der Waals surface area contributed by atoms with Gasteiger partial charge in [0.25, 0.3) is 0 Å². The Bertz CT molecular complexity index is 879. The molecule has 1 heterocycles. The summed E-state index contributed by atoms with van der Waals surface area (Å²) in [6, 6.07) is 18.6. The van der Waals surface area contributed by atoms with Gasteiger partial charge < -0.3 is 19.3 Å². The summed E-state index contributed by atoms with van der Waals surface area (Å²) in [6.07, 6.45) is -3.60. The average Bonchev–Trinajstić information content (AvgIpc) is 2.98. The number of benzene rings is 2. The highest BCUT2D eigenvalue weighted by atomic mass is 16.7. The number of carbonyl (C=O) groups excluding carboxylic acids is 2. The Hall–Kier alpha value is -3.21. The quantitative estimate of drug-likeness (QED) is 0.792. The van der Waals surface area contributed by atoms with Gasteiger partial charge in [-0.2, -0.15) is 5.26 Å². The van der Waals surface area contributed by atoms with Gasteiger partial charge in [0.05, 0.1) is 17.2 Å². The second-order valence-electron chi connectivity index (χ2n) is 6.58. The van der Waals surface area contributed by atoms with E-state index in [0.717, 1.165) is 0 Å². The van der Waals surface area contributed by atoms with Crippen LogP contribution in [0, 0.1) is 16.7 Å². The summed E-state index contributed by atoms with van der Waals surface area (Å²) in [5, 5.41) is 19.7. The fraction of sp³-hybridized carbons (Fsp3) is 0.286. The number of rotatable bonds is 5. The van der Waals surface area contributed by atoms with Gasteiger partial charge >= 0.3 is 11.9 Å². The largest absolute Gasteiger partial charge is 0.459 e. The zero-order valence-electron chi connectivity index (χ0n) is 15.1. The maximum Gasteiger partial charge on any atom is 0.338 e. The smallest absolute Gasteiger partial charge is 0.338 e. The molecule has 1 N–H and O–H groups in total. The molecule has 0 saturated carbocycles. The molecule has 2 aromatic rings. The van der Waals surface area contributed by atoms with E-state index >= 15 is 0 Å². The molecule has 1 fully saturated rings. The van der Waals surface area contributed by atoms with E-state index in [1.165, 1.54) is 6.92 Å². The van der Waals surface area contributed by atoms with Gasteiger partial charge in [0.1, 0.15) is 18.1 Å². The minimum Gasteiger partial charge on any atom is -0.459 e. The molecule has 1 aliphatic rings. The van der Waals surface area contributed by atoms with Crippen LogP contribution in [0.2, 0.25) is 0 Å². The van der Waals surface area contributed by atoms with Crippen LogP contribution < -0.4 is 0 Å². The van der Waals surface area contributed by atoms with E-state index in [-0.39, 0.29) is 6.61 Å². The highest BCUT2D eigenvalue weighted by molar-refractivity contribution is 5.90. The van der Waals surface area contributed by atoms with Crippen LogP contribution in [0.25, 0.3) is 0 Å². The van der Waals surface area contributed by atoms with Crippen molar-refractivity contribution in [1.29, 1.82) is 5.26 Å². The van der Waals surface area contributed by atoms with E-state index in [2.05, 4.69) is 0 Å². The van der Waals surface area contributed by atoms with Crippen molar-refractivity contribution in [3.05, 3.63) is 71.8 Å². The molecule has 0 aromatic heterocycles. The van der Waals surface area contributed by atoms with Gasteiger partial charge in [-0.1, -0.05) is 36.4 Å². The highest BCUT2D eigenvalue weighted by Gasteiger charge is 2.56. The van der Waals surface area contributed by atoms with Crippen LogP contribution in [0.1, 0.15) is 27.6 Å². The summed E-state index contributed by atoms with van der Waals surface area (Å²) >= 11 is 0. The second kappa shape index (κ2) is 8.21. The third-order valence-corrected chi connectivity index (χ3v) is 4.62. The van der Waals surface area contributed by atoms with Crippen LogP contribution in [0.3, 0.4) is 0 Å². The number of carbonyl (C=O) groups is 2. The lowest BCUT2D eigenvalue weighted by atomic mass is 9.85. The van der Waals surface area contributed by atoms with E-state index in [9.17, 15) is 20.0 Å². The number of aliphatic hydroxyl groups is 1. The lowest BCUT2D eigenvalue weighted by Crippen LogP contribution is -2.42. The van der Waals surface area contributed by atoms with Crippen LogP contribution in [0.5, 0.6) is 0 Å². The Morgan fingerprint density at radius 3 is 2.14 bits per heavy atom. The molecule has 1 aliphatic heterocycles. The topological polar surface area (TPSA) is 106 Å². The molecular weight excluding hydrogens is 362 g/mol. The first-order chi connectivity index (χ1) is 13.5. The van der Waals surface area contributed by atoms with Crippen molar-refractivity contribution >= 4 is 11.9 Å². The van der Waals surface area contributed by atoms with Crippen LogP contribution >= 0.6 is 0 Å². The van der Waals surface area contributed by atoms with Gasteiger partial charge in [-0.15, -0.1) is 0 Å². The molecule has 0 aliphatic carbocycles. The van der Waals surface area contributed by atoms with Gasteiger partial charge in [0.2, 0.25) is 0 Å². The Labute approximate surface area is 162 Å². The maximum absolute atomic E-state index is 12.4. The number of hydrogen-bond acceptors (Lipinski definition) is 7. The Kier molecular flexibility index (Phi) is 5.73. The number of aliphatic hydroxyl groups excluding tert-OH is 1. The molecule has 3 rings (SSSR count). The number of esters is 2. The number of hydrogen-bond donors (Lipinski definition) is 1. The second-order valence-corrected chi connectivity index (χ2v) is 6.58. The summed E-state index contributed by atoms with van der Waals surface area (Å²) in [4.78, 5) is 24.6. The van der Waals surface area contributed by atoms with Crippen molar-refractivity contribution < 1.29 is 28.9 Å². The van der Waals surface area contributed by atoms with Gasteiger partial charge in [0.15, 0.2) is 12.4 Å². The Morgan fingerprint density at radius 2 is 1.61 bits per heavy atom. The van der Waals surface area contributed by atoms with Crippen molar-refractivity contribution in [1.82, 2.24) is 0 Å². The molecule has 28 heavy (non-hydrogen) atoms. The van der Waals surface area contributed by atoms with E-state index < -0.39 is 35.9 Å². The van der Waals surface area contributed by atoms with Crippen molar-refractivity contribution in [2.75, 3.05) is 6.61 Å². The van der Waals surface area contributed by atoms with Gasteiger partial charge in [-0.05, 0) is 31.2 Å². The molecule has 0 amide bonds. The lowest BCUT2D eigenvalue weighted by molar-refractivity contribution is -0.127. The standard InChI is InChI=1S/C21H19NO6/c1-21(13-22)17(28-19(24)15-10-6-3-7-11-15)16(27-20(21)25)12-26-18(23)14-8-4-2-5-9-14/h2-11,16-17,20,25H,12H2,1H3/t16-,17-,20-,21-/m1/s1. The zero-order chi connectivity index (χ0) is 20.1. The third-order valence-electron chi connectivity index (χ3n) is 4.62. The average molecular weight is 381 g/mol. The third kappa shape index (κ3) is 3.88. The molecule has 2 aromatic carbocycles. The number of nitriles is 1. The van der Waals surface area contributed by atoms with E-state index in [1.807, 2.05) is 6.07 Å². The summed E-state index contributed by atoms with van der Waals surface area (Å²) in [5.41, 5.74) is -0.861. The predicted molar refractivity (Wildman–Crippen MR) is 97.0 cm³/mol. The summed E-state index contributed by atoms with van der Waals surface area (Å²) < 4.78 is 16.1. The molecule has 0 spiro atoms. The molecule has 1 saturated heterocycles.